The quantitative estimate of drug-likeness (QED) is 0.742. The van der Waals surface area contributed by atoms with Crippen molar-refractivity contribution in [2.24, 2.45) is 11.8 Å². The van der Waals surface area contributed by atoms with Gasteiger partial charge in [-0.3, -0.25) is 4.90 Å². The van der Waals surface area contributed by atoms with Gasteiger partial charge in [-0.25, -0.2) is 0 Å². The zero-order valence-electron chi connectivity index (χ0n) is 11.3. The highest BCUT2D eigenvalue weighted by atomic mass is 16.3. The van der Waals surface area contributed by atoms with E-state index in [-0.39, 0.29) is 0 Å². The summed E-state index contributed by atoms with van der Waals surface area (Å²) in [6.45, 7) is 8.33. The zero-order valence-corrected chi connectivity index (χ0v) is 11.3. The van der Waals surface area contributed by atoms with Gasteiger partial charge in [-0.2, -0.15) is 0 Å². The van der Waals surface area contributed by atoms with Gasteiger partial charge in [-0.1, -0.05) is 13.8 Å². The molecule has 1 aliphatic rings. The first kappa shape index (κ1) is 13.9. The largest absolute Gasteiger partial charge is 0.396 e. The van der Waals surface area contributed by atoms with Gasteiger partial charge in [0.1, 0.15) is 0 Å². The average molecular weight is 228 g/mol. The van der Waals surface area contributed by atoms with Crippen LogP contribution >= 0.6 is 0 Å². The molecule has 1 rings (SSSR count). The highest BCUT2D eigenvalue weighted by Gasteiger charge is 2.28. The van der Waals surface area contributed by atoms with E-state index < -0.39 is 0 Å². The fourth-order valence-electron chi connectivity index (χ4n) is 2.65. The Morgan fingerprint density at radius 1 is 1.38 bits per heavy atom. The van der Waals surface area contributed by atoms with Gasteiger partial charge >= 0.3 is 0 Å². The number of aliphatic hydroxyl groups is 1. The van der Waals surface area contributed by atoms with Crippen molar-refractivity contribution in [3.8, 4) is 0 Å². The summed E-state index contributed by atoms with van der Waals surface area (Å²) in [5.41, 5.74) is 0. The second-order valence-corrected chi connectivity index (χ2v) is 5.88. The van der Waals surface area contributed by atoms with Crippen LogP contribution in [0.5, 0.6) is 0 Å². The minimum absolute atomic E-state index is 0.354. The third-order valence-electron chi connectivity index (χ3n) is 3.41. The summed E-state index contributed by atoms with van der Waals surface area (Å²) in [5, 5.41) is 9.19. The molecule has 0 aromatic carbocycles. The minimum atomic E-state index is 0.354. The van der Waals surface area contributed by atoms with Gasteiger partial charge in [0, 0.05) is 25.7 Å². The lowest BCUT2D eigenvalue weighted by Crippen LogP contribution is -2.41. The fraction of sp³-hybridized carbons (Fsp3) is 1.00. The van der Waals surface area contributed by atoms with Crippen molar-refractivity contribution in [3.05, 3.63) is 0 Å². The molecule has 0 bridgehead atoms. The van der Waals surface area contributed by atoms with Crippen LogP contribution < -0.4 is 0 Å². The van der Waals surface area contributed by atoms with Crippen LogP contribution in [0.1, 0.15) is 26.7 Å². The van der Waals surface area contributed by atoms with Crippen LogP contribution in [0.15, 0.2) is 0 Å². The van der Waals surface area contributed by atoms with E-state index in [2.05, 4.69) is 37.7 Å². The standard InChI is InChI=1S/C13H28N2O/c1-11(2)7-13(9-14(3)4)15-6-5-12(8-15)10-16/h11-13,16H,5-10H2,1-4H3. The van der Waals surface area contributed by atoms with Crippen LogP contribution in [0.3, 0.4) is 0 Å². The maximum Gasteiger partial charge on any atom is 0.0471 e. The van der Waals surface area contributed by atoms with Crippen molar-refractivity contribution >= 4 is 0 Å². The van der Waals surface area contributed by atoms with Crippen LogP contribution in [-0.4, -0.2) is 61.3 Å². The monoisotopic (exact) mass is 228 g/mol. The minimum Gasteiger partial charge on any atom is -0.396 e. The maximum absolute atomic E-state index is 9.19. The van der Waals surface area contributed by atoms with Crippen molar-refractivity contribution < 1.29 is 5.11 Å². The zero-order chi connectivity index (χ0) is 12.1. The third-order valence-corrected chi connectivity index (χ3v) is 3.41. The van der Waals surface area contributed by atoms with Gasteiger partial charge in [0.25, 0.3) is 0 Å². The SMILES string of the molecule is CC(C)CC(CN(C)C)N1CCC(CO)C1. The summed E-state index contributed by atoms with van der Waals surface area (Å²) < 4.78 is 0. The Morgan fingerprint density at radius 3 is 2.50 bits per heavy atom. The van der Waals surface area contributed by atoms with Crippen molar-refractivity contribution in [1.29, 1.82) is 0 Å². The highest BCUT2D eigenvalue weighted by Crippen LogP contribution is 2.22. The second-order valence-electron chi connectivity index (χ2n) is 5.88. The Hall–Kier alpha value is -0.120. The van der Waals surface area contributed by atoms with Crippen molar-refractivity contribution in [2.75, 3.05) is 40.3 Å². The molecule has 1 heterocycles. The van der Waals surface area contributed by atoms with E-state index >= 15 is 0 Å². The van der Waals surface area contributed by atoms with Crippen LogP contribution in [-0.2, 0) is 0 Å². The average Bonchev–Trinajstić information content (AvgIpc) is 2.63. The van der Waals surface area contributed by atoms with Crippen LogP contribution in [0.25, 0.3) is 0 Å². The molecule has 0 aromatic rings. The van der Waals surface area contributed by atoms with Gasteiger partial charge in [0.15, 0.2) is 0 Å². The molecule has 96 valence electrons. The molecule has 0 spiro atoms. The lowest BCUT2D eigenvalue weighted by Gasteiger charge is -2.31. The normalized spacial score (nSPS) is 24.6. The Balaban J connectivity index is 2.48. The number of rotatable bonds is 6. The van der Waals surface area contributed by atoms with Crippen molar-refractivity contribution in [1.82, 2.24) is 9.80 Å². The van der Waals surface area contributed by atoms with Gasteiger partial charge in [0.05, 0.1) is 0 Å². The fourth-order valence-corrected chi connectivity index (χ4v) is 2.65. The first-order valence-electron chi connectivity index (χ1n) is 6.52. The van der Waals surface area contributed by atoms with Crippen molar-refractivity contribution in [2.45, 2.75) is 32.7 Å². The van der Waals surface area contributed by atoms with Gasteiger partial charge < -0.3 is 10.0 Å². The number of likely N-dealkylation sites (N-methyl/N-ethyl adjacent to an activating group) is 1. The molecular formula is C13H28N2O. The molecule has 0 aromatic heterocycles. The summed E-state index contributed by atoms with van der Waals surface area (Å²) >= 11 is 0. The molecule has 3 heteroatoms. The Kier molecular flexibility index (Phi) is 5.73. The molecule has 2 atom stereocenters. The third kappa shape index (κ3) is 4.40. The molecule has 3 nitrogen and oxygen atoms in total. The number of aliphatic hydroxyl groups excluding tert-OH is 1. The van der Waals surface area contributed by atoms with E-state index in [0.717, 1.165) is 25.6 Å². The molecule has 0 saturated carbocycles. The summed E-state index contributed by atoms with van der Waals surface area (Å²) in [4.78, 5) is 4.85. The molecule has 1 saturated heterocycles. The van der Waals surface area contributed by atoms with Crippen molar-refractivity contribution in [3.63, 3.8) is 0 Å². The molecule has 1 aliphatic heterocycles. The molecule has 0 radical (unpaired) electrons. The molecule has 16 heavy (non-hydrogen) atoms. The van der Waals surface area contributed by atoms with Gasteiger partial charge in [-0.15, -0.1) is 0 Å². The maximum atomic E-state index is 9.19. The van der Waals surface area contributed by atoms with E-state index in [1.807, 2.05) is 0 Å². The predicted octanol–water partition coefficient (Wildman–Crippen LogP) is 1.28. The smallest absolute Gasteiger partial charge is 0.0471 e. The van der Waals surface area contributed by atoms with Gasteiger partial charge in [0.2, 0.25) is 0 Å². The lowest BCUT2D eigenvalue weighted by atomic mass is 10.0. The number of nitrogens with zero attached hydrogens (tertiary/aromatic N) is 2. The number of hydrogen-bond acceptors (Lipinski definition) is 3. The molecule has 0 aliphatic carbocycles. The summed E-state index contributed by atoms with van der Waals surface area (Å²) in [5.74, 6) is 1.26. The lowest BCUT2D eigenvalue weighted by molar-refractivity contribution is 0.155. The second kappa shape index (κ2) is 6.58. The first-order chi connectivity index (χ1) is 7.52. The molecular weight excluding hydrogens is 200 g/mol. The van der Waals surface area contributed by atoms with E-state index in [1.54, 1.807) is 0 Å². The summed E-state index contributed by atoms with van der Waals surface area (Å²) in [6, 6.07) is 0.659. The topological polar surface area (TPSA) is 26.7 Å². The Labute approximate surface area is 100 Å². The highest BCUT2D eigenvalue weighted by molar-refractivity contribution is 4.83. The number of likely N-dealkylation sites (tertiary alicyclic amines) is 1. The van der Waals surface area contributed by atoms with E-state index in [9.17, 15) is 5.11 Å². The Morgan fingerprint density at radius 2 is 2.06 bits per heavy atom. The van der Waals surface area contributed by atoms with E-state index in [1.165, 1.54) is 12.8 Å². The van der Waals surface area contributed by atoms with E-state index in [4.69, 9.17) is 0 Å². The first-order valence-corrected chi connectivity index (χ1v) is 6.52. The molecule has 1 fully saturated rings. The molecule has 0 amide bonds. The predicted molar refractivity (Wildman–Crippen MR) is 68.6 cm³/mol. The van der Waals surface area contributed by atoms with E-state index in [0.29, 0.717) is 18.6 Å². The van der Waals surface area contributed by atoms with Crippen LogP contribution in [0, 0.1) is 11.8 Å². The number of hydrogen-bond donors (Lipinski definition) is 1. The Bertz CT molecular complexity index is 184. The molecule has 2 unspecified atom stereocenters. The summed E-state index contributed by atoms with van der Waals surface area (Å²) in [6.07, 6.45) is 2.43. The van der Waals surface area contributed by atoms with Crippen LogP contribution in [0.2, 0.25) is 0 Å². The van der Waals surface area contributed by atoms with Gasteiger partial charge in [-0.05, 0) is 45.3 Å². The summed E-state index contributed by atoms with van der Waals surface area (Å²) in [7, 11) is 4.29. The van der Waals surface area contributed by atoms with Crippen LogP contribution in [0.4, 0.5) is 0 Å². The molecule has 1 N–H and O–H groups in total.